The number of thioether (sulfide) groups is 1. The maximum Gasteiger partial charge on any atom is 0.242 e. The first kappa shape index (κ1) is 23.0. The highest BCUT2D eigenvalue weighted by Gasteiger charge is 2.25. The van der Waals surface area contributed by atoms with Crippen LogP contribution in [-0.4, -0.2) is 35.1 Å². The van der Waals surface area contributed by atoms with Crippen LogP contribution in [0.15, 0.2) is 54.6 Å². The molecule has 156 valence electrons. The Bertz CT molecular complexity index is 762. The van der Waals surface area contributed by atoms with Crippen LogP contribution in [0.5, 0.6) is 0 Å². The number of rotatable bonds is 11. The van der Waals surface area contributed by atoms with E-state index in [0.717, 1.165) is 24.2 Å². The Balaban J connectivity index is 1.99. The van der Waals surface area contributed by atoms with Gasteiger partial charge in [-0.25, -0.2) is 0 Å². The molecule has 0 aromatic heterocycles. The highest BCUT2D eigenvalue weighted by molar-refractivity contribution is 7.99. The number of amides is 2. The first-order chi connectivity index (χ1) is 14.0. The molecule has 0 radical (unpaired) electrons. The van der Waals surface area contributed by atoms with Crippen molar-refractivity contribution < 1.29 is 9.59 Å². The van der Waals surface area contributed by atoms with Gasteiger partial charge >= 0.3 is 0 Å². The molecule has 0 aliphatic rings. The first-order valence-electron chi connectivity index (χ1n) is 10.3. The van der Waals surface area contributed by atoms with Crippen molar-refractivity contribution in [3.05, 3.63) is 71.3 Å². The van der Waals surface area contributed by atoms with Crippen LogP contribution in [0.25, 0.3) is 0 Å². The quantitative estimate of drug-likeness (QED) is 0.550. The average Bonchev–Trinajstić information content (AvgIpc) is 2.73. The number of aryl methyl sites for hydroxylation is 1. The van der Waals surface area contributed by atoms with Crippen LogP contribution >= 0.6 is 11.8 Å². The summed E-state index contributed by atoms with van der Waals surface area (Å²) < 4.78 is 0. The molecule has 29 heavy (non-hydrogen) atoms. The molecule has 5 heteroatoms. The van der Waals surface area contributed by atoms with Crippen molar-refractivity contribution in [2.24, 2.45) is 0 Å². The van der Waals surface area contributed by atoms with Gasteiger partial charge in [-0.3, -0.25) is 9.59 Å². The SMILES string of the molecule is CCCCNC(=O)[C@H](C)N(Cc1ccccc1)C(=O)CSCc1ccc(C)cc1. The van der Waals surface area contributed by atoms with E-state index in [9.17, 15) is 9.59 Å². The van der Waals surface area contributed by atoms with Crippen molar-refractivity contribution in [1.82, 2.24) is 10.2 Å². The molecule has 4 nitrogen and oxygen atoms in total. The van der Waals surface area contributed by atoms with Gasteiger partial charge in [0.2, 0.25) is 11.8 Å². The molecule has 0 fully saturated rings. The summed E-state index contributed by atoms with van der Waals surface area (Å²) in [6, 6.07) is 17.7. The van der Waals surface area contributed by atoms with Gasteiger partial charge in [-0.15, -0.1) is 11.8 Å². The van der Waals surface area contributed by atoms with E-state index in [0.29, 0.717) is 18.8 Å². The molecular weight excluding hydrogens is 380 g/mol. The van der Waals surface area contributed by atoms with Crippen molar-refractivity contribution in [2.75, 3.05) is 12.3 Å². The maximum atomic E-state index is 13.0. The number of benzene rings is 2. The van der Waals surface area contributed by atoms with Crippen LogP contribution in [-0.2, 0) is 21.9 Å². The molecule has 2 aromatic carbocycles. The zero-order valence-electron chi connectivity index (χ0n) is 17.7. The molecule has 0 saturated heterocycles. The van der Waals surface area contributed by atoms with E-state index >= 15 is 0 Å². The topological polar surface area (TPSA) is 49.4 Å². The summed E-state index contributed by atoms with van der Waals surface area (Å²) in [6.45, 7) is 7.05. The third-order valence-electron chi connectivity index (χ3n) is 4.81. The van der Waals surface area contributed by atoms with E-state index in [1.54, 1.807) is 16.7 Å². The third kappa shape index (κ3) is 7.94. The van der Waals surface area contributed by atoms with Gasteiger partial charge in [-0.05, 0) is 31.4 Å². The van der Waals surface area contributed by atoms with Crippen molar-refractivity contribution in [1.29, 1.82) is 0 Å². The Morgan fingerprint density at radius 2 is 1.72 bits per heavy atom. The monoisotopic (exact) mass is 412 g/mol. The fraction of sp³-hybridized carbons (Fsp3) is 0.417. The van der Waals surface area contributed by atoms with Gasteiger partial charge in [0.05, 0.1) is 5.75 Å². The van der Waals surface area contributed by atoms with Gasteiger partial charge in [0.25, 0.3) is 0 Å². The second-order valence-corrected chi connectivity index (χ2v) is 8.29. The van der Waals surface area contributed by atoms with Gasteiger partial charge < -0.3 is 10.2 Å². The average molecular weight is 413 g/mol. The molecule has 0 heterocycles. The predicted molar refractivity (Wildman–Crippen MR) is 122 cm³/mol. The van der Waals surface area contributed by atoms with E-state index in [2.05, 4.69) is 43.4 Å². The normalized spacial score (nSPS) is 11.7. The molecule has 0 unspecified atom stereocenters. The molecule has 2 rings (SSSR count). The first-order valence-corrected chi connectivity index (χ1v) is 11.4. The van der Waals surface area contributed by atoms with Crippen LogP contribution in [0.4, 0.5) is 0 Å². The summed E-state index contributed by atoms with van der Waals surface area (Å²) in [5, 5.41) is 2.95. The summed E-state index contributed by atoms with van der Waals surface area (Å²) >= 11 is 1.59. The lowest BCUT2D eigenvalue weighted by Crippen LogP contribution is -2.48. The molecule has 0 spiro atoms. The number of hydrogen-bond donors (Lipinski definition) is 1. The summed E-state index contributed by atoms with van der Waals surface area (Å²) in [5.41, 5.74) is 3.46. The maximum absolute atomic E-state index is 13.0. The molecular formula is C24H32N2O2S. The highest BCUT2D eigenvalue weighted by atomic mass is 32.2. The highest BCUT2D eigenvalue weighted by Crippen LogP contribution is 2.16. The van der Waals surface area contributed by atoms with Crippen LogP contribution in [0.3, 0.4) is 0 Å². The number of hydrogen-bond acceptors (Lipinski definition) is 3. The smallest absolute Gasteiger partial charge is 0.242 e. The minimum absolute atomic E-state index is 0.0101. The summed E-state index contributed by atoms with van der Waals surface area (Å²) in [4.78, 5) is 27.3. The zero-order valence-corrected chi connectivity index (χ0v) is 18.5. The number of unbranched alkanes of at least 4 members (excludes halogenated alkanes) is 1. The van der Waals surface area contributed by atoms with E-state index in [1.165, 1.54) is 11.1 Å². The Morgan fingerprint density at radius 3 is 2.38 bits per heavy atom. The van der Waals surface area contributed by atoms with Crippen LogP contribution in [0.1, 0.15) is 43.4 Å². The van der Waals surface area contributed by atoms with Gasteiger partial charge in [-0.1, -0.05) is 73.5 Å². The van der Waals surface area contributed by atoms with Crippen LogP contribution < -0.4 is 5.32 Å². The van der Waals surface area contributed by atoms with Crippen molar-refractivity contribution in [2.45, 2.75) is 52.0 Å². The van der Waals surface area contributed by atoms with E-state index < -0.39 is 6.04 Å². The summed E-state index contributed by atoms with van der Waals surface area (Å²) in [5.74, 6) is 1.03. The number of carbonyl (C=O) groups excluding carboxylic acids is 2. The Kier molecular flexibility index (Phi) is 9.78. The lowest BCUT2D eigenvalue weighted by Gasteiger charge is -2.28. The van der Waals surface area contributed by atoms with Gasteiger partial charge in [0.1, 0.15) is 6.04 Å². The molecule has 0 saturated carbocycles. The second-order valence-electron chi connectivity index (χ2n) is 7.31. The zero-order chi connectivity index (χ0) is 21.1. The van der Waals surface area contributed by atoms with Crippen molar-refractivity contribution in [3.63, 3.8) is 0 Å². The molecule has 0 aliphatic heterocycles. The molecule has 1 N–H and O–H groups in total. The molecule has 1 atom stereocenters. The minimum atomic E-state index is -0.500. The second kappa shape index (κ2) is 12.3. The van der Waals surface area contributed by atoms with Crippen LogP contribution in [0.2, 0.25) is 0 Å². The molecule has 0 bridgehead atoms. The van der Waals surface area contributed by atoms with E-state index in [-0.39, 0.29) is 11.8 Å². The number of carbonyl (C=O) groups is 2. The Hall–Kier alpha value is -2.27. The fourth-order valence-electron chi connectivity index (χ4n) is 2.92. The third-order valence-corrected chi connectivity index (χ3v) is 5.80. The van der Waals surface area contributed by atoms with Gasteiger partial charge in [0.15, 0.2) is 0 Å². The van der Waals surface area contributed by atoms with Gasteiger partial charge in [0, 0.05) is 18.8 Å². The largest absolute Gasteiger partial charge is 0.354 e. The lowest BCUT2D eigenvalue weighted by molar-refractivity contribution is -0.138. The van der Waals surface area contributed by atoms with Crippen LogP contribution in [0, 0.1) is 6.92 Å². The Morgan fingerprint density at radius 1 is 1.03 bits per heavy atom. The molecule has 2 amide bonds. The lowest BCUT2D eigenvalue weighted by atomic mass is 10.1. The van der Waals surface area contributed by atoms with Crippen molar-refractivity contribution in [3.8, 4) is 0 Å². The molecule has 0 aliphatic carbocycles. The molecule has 2 aromatic rings. The Labute approximate surface area is 179 Å². The predicted octanol–water partition coefficient (Wildman–Crippen LogP) is 4.56. The standard InChI is InChI=1S/C24H32N2O2S/c1-4-5-15-25-24(28)20(3)26(16-21-9-7-6-8-10-21)23(27)18-29-17-22-13-11-19(2)12-14-22/h6-14,20H,4-5,15-18H2,1-3H3,(H,25,28)/t20-/m0/s1. The number of nitrogens with one attached hydrogen (secondary N) is 1. The number of nitrogens with zero attached hydrogens (tertiary/aromatic N) is 1. The van der Waals surface area contributed by atoms with Crippen molar-refractivity contribution >= 4 is 23.6 Å². The minimum Gasteiger partial charge on any atom is -0.354 e. The summed E-state index contributed by atoms with van der Waals surface area (Å²) in [6.07, 6.45) is 1.97. The summed E-state index contributed by atoms with van der Waals surface area (Å²) in [7, 11) is 0. The van der Waals surface area contributed by atoms with E-state index in [1.807, 2.05) is 37.3 Å². The van der Waals surface area contributed by atoms with E-state index in [4.69, 9.17) is 0 Å². The fourth-order valence-corrected chi connectivity index (χ4v) is 3.79. The van der Waals surface area contributed by atoms with Gasteiger partial charge in [-0.2, -0.15) is 0 Å².